The summed E-state index contributed by atoms with van der Waals surface area (Å²) in [4.78, 5) is 12.2. The molecule has 3 N–H and O–H groups in total. The highest BCUT2D eigenvalue weighted by Crippen LogP contribution is 2.15. The Morgan fingerprint density at radius 1 is 1.31 bits per heavy atom. The number of hydrogen-bond acceptors (Lipinski definition) is 4. The van der Waals surface area contributed by atoms with Crippen LogP contribution in [-0.4, -0.2) is 23.5 Å². The molecule has 162 valence electrons. The van der Waals surface area contributed by atoms with E-state index < -0.39 is 0 Å². The largest absolute Gasteiger partial charge is 0.347 e. The average Bonchev–Trinajstić information content (AvgIpc) is 2.74. The summed E-state index contributed by atoms with van der Waals surface area (Å²) >= 11 is 1.80. The van der Waals surface area contributed by atoms with Crippen LogP contribution in [0.2, 0.25) is 0 Å². The van der Waals surface area contributed by atoms with Crippen molar-refractivity contribution in [3.8, 4) is 0 Å². The van der Waals surface area contributed by atoms with Crippen LogP contribution in [-0.2, 0) is 4.79 Å². The minimum absolute atomic E-state index is 0.0344. The van der Waals surface area contributed by atoms with Gasteiger partial charge in [-0.1, -0.05) is 49.0 Å². The van der Waals surface area contributed by atoms with Crippen LogP contribution in [0.25, 0.3) is 0 Å². The summed E-state index contributed by atoms with van der Waals surface area (Å²) in [6.07, 6.45) is 13.3. The molecule has 1 aliphatic rings. The van der Waals surface area contributed by atoms with E-state index >= 15 is 0 Å². The first-order valence-corrected chi connectivity index (χ1v) is 11.7. The molecular weight excluding hydrogens is 378 g/mol. The fraction of sp³-hybridized carbons (Fsp3) is 0.542. The van der Waals surface area contributed by atoms with Crippen molar-refractivity contribution >= 4 is 17.7 Å². The zero-order chi connectivity index (χ0) is 21.6. The molecule has 0 saturated heterocycles. The maximum Gasteiger partial charge on any atom is 0.221 e. The second-order valence-electron chi connectivity index (χ2n) is 7.99. The SMILES string of the molecule is C=CC(C)CC(=O)NC1CSC/C=C(/CC/C=C(\C)CCC=C(C)C)NNC1=C. The van der Waals surface area contributed by atoms with Gasteiger partial charge in [0.1, 0.15) is 0 Å². The van der Waals surface area contributed by atoms with Crippen molar-refractivity contribution in [1.82, 2.24) is 16.2 Å². The summed E-state index contributed by atoms with van der Waals surface area (Å²) in [5, 5.41) is 3.08. The van der Waals surface area contributed by atoms with Gasteiger partial charge in [-0.25, -0.2) is 0 Å². The van der Waals surface area contributed by atoms with Gasteiger partial charge in [0.2, 0.25) is 5.91 Å². The Balaban J connectivity index is 2.48. The Morgan fingerprint density at radius 3 is 2.76 bits per heavy atom. The first-order chi connectivity index (χ1) is 13.8. The molecule has 2 atom stereocenters. The normalized spacial score (nSPS) is 20.6. The van der Waals surface area contributed by atoms with E-state index in [0.717, 1.165) is 42.9 Å². The molecular formula is C24H39N3OS. The Hall–Kier alpha value is -1.88. The number of hydrazine groups is 1. The highest BCUT2D eigenvalue weighted by Gasteiger charge is 2.18. The quantitative estimate of drug-likeness (QED) is 0.417. The van der Waals surface area contributed by atoms with Crippen LogP contribution < -0.4 is 16.2 Å². The summed E-state index contributed by atoms with van der Waals surface area (Å²) in [5.74, 6) is 1.92. The van der Waals surface area contributed by atoms with Crippen LogP contribution >= 0.6 is 11.8 Å². The average molecular weight is 418 g/mol. The smallest absolute Gasteiger partial charge is 0.221 e. The van der Waals surface area contributed by atoms with E-state index in [9.17, 15) is 4.79 Å². The van der Waals surface area contributed by atoms with Crippen LogP contribution in [0.3, 0.4) is 0 Å². The van der Waals surface area contributed by atoms with Gasteiger partial charge in [0, 0.05) is 29.3 Å². The molecule has 2 unspecified atom stereocenters. The number of allylic oxidation sites excluding steroid dienone is 6. The highest BCUT2D eigenvalue weighted by molar-refractivity contribution is 7.99. The predicted octanol–water partition coefficient (Wildman–Crippen LogP) is 5.39. The van der Waals surface area contributed by atoms with Crippen molar-refractivity contribution in [3.63, 3.8) is 0 Å². The lowest BCUT2D eigenvalue weighted by Gasteiger charge is -2.22. The van der Waals surface area contributed by atoms with Crippen molar-refractivity contribution in [1.29, 1.82) is 0 Å². The number of nitrogens with one attached hydrogen (secondary N) is 3. The third-order valence-electron chi connectivity index (χ3n) is 4.78. The number of thioether (sulfide) groups is 1. The predicted molar refractivity (Wildman–Crippen MR) is 128 cm³/mol. The Morgan fingerprint density at radius 2 is 2.07 bits per heavy atom. The van der Waals surface area contributed by atoms with Gasteiger partial charge in [-0.05, 0) is 52.4 Å². The van der Waals surface area contributed by atoms with Crippen molar-refractivity contribution in [3.05, 3.63) is 60.0 Å². The fourth-order valence-corrected chi connectivity index (χ4v) is 3.81. The van der Waals surface area contributed by atoms with Gasteiger partial charge in [0.05, 0.1) is 6.04 Å². The standard InChI is InChI=1S/C24H39N3OS/c1-7-19(4)16-24(28)25-23-17-29-15-14-22(27-26-21(23)6)13-9-12-20(5)11-8-10-18(2)3/h7,10,12,14,19,23,26-27H,1,6,8-9,11,13,15-17H2,2-5H3,(H,25,28)/b20-12+,22-14-. The van der Waals surface area contributed by atoms with Crippen LogP contribution in [0, 0.1) is 5.92 Å². The minimum Gasteiger partial charge on any atom is -0.347 e. The molecule has 0 aromatic heterocycles. The molecule has 0 radical (unpaired) electrons. The van der Waals surface area contributed by atoms with E-state index in [1.807, 2.05) is 6.92 Å². The molecule has 5 heteroatoms. The molecule has 0 aromatic carbocycles. The van der Waals surface area contributed by atoms with Crippen LogP contribution in [0.4, 0.5) is 0 Å². The molecule has 1 aliphatic heterocycles. The lowest BCUT2D eigenvalue weighted by molar-refractivity contribution is -0.122. The van der Waals surface area contributed by atoms with Gasteiger partial charge in [-0.15, -0.1) is 6.58 Å². The topological polar surface area (TPSA) is 53.2 Å². The number of carbonyl (C=O) groups is 1. The van der Waals surface area contributed by atoms with E-state index in [0.29, 0.717) is 6.42 Å². The second kappa shape index (κ2) is 14.2. The summed E-state index contributed by atoms with van der Waals surface area (Å²) in [6.45, 7) is 16.3. The van der Waals surface area contributed by atoms with E-state index in [1.165, 1.54) is 16.8 Å². The molecule has 29 heavy (non-hydrogen) atoms. The Labute approximate surface area is 182 Å². The van der Waals surface area contributed by atoms with Gasteiger partial charge in [-0.3, -0.25) is 4.79 Å². The molecule has 0 aliphatic carbocycles. The van der Waals surface area contributed by atoms with Crippen molar-refractivity contribution < 1.29 is 4.79 Å². The van der Waals surface area contributed by atoms with Crippen LogP contribution in [0.5, 0.6) is 0 Å². The van der Waals surface area contributed by atoms with Crippen molar-refractivity contribution in [2.24, 2.45) is 5.92 Å². The molecule has 0 saturated carbocycles. The molecule has 0 bridgehead atoms. The highest BCUT2D eigenvalue weighted by atomic mass is 32.2. The van der Waals surface area contributed by atoms with Crippen molar-refractivity contribution in [2.75, 3.05) is 11.5 Å². The monoisotopic (exact) mass is 417 g/mol. The third-order valence-corrected chi connectivity index (χ3v) is 5.75. The van der Waals surface area contributed by atoms with Gasteiger partial charge in [0.15, 0.2) is 0 Å². The maximum atomic E-state index is 12.2. The molecule has 1 rings (SSSR count). The number of rotatable bonds is 10. The molecule has 1 amide bonds. The number of amides is 1. The minimum atomic E-state index is -0.0954. The number of carbonyl (C=O) groups excluding carboxylic acids is 1. The fourth-order valence-electron chi connectivity index (χ4n) is 2.83. The summed E-state index contributed by atoms with van der Waals surface area (Å²) < 4.78 is 0. The van der Waals surface area contributed by atoms with E-state index in [2.05, 4.69) is 68.3 Å². The summed E-state index contributed by atoms with van der Waals surface area (Å²) in [5.41, 5.74) is 11.3. The zero-order valence-electron chi connectivity index (χ0n) is 18.6. The molecule has 0 aromatic rings. The first-order valence-electron chi connectivity index (χ1n) is 10.5. The maximum absolute atomic E-state index is 12.2. The van der Waals surface area contributed by atoms with Gasteiger partial charge < -0.3 is 16.2 Å². The lowest BCUT2D eigenvalue weighted by atomic mass is 10.1. The second-order valence-corrected chi connectivity index (χ2v) is 9.06. The van der Waals surface area contributed by atoms with E-state index in [1.54, 1.807) is 17.8 Å². The van der Waals surface area contributed by atoms with E-state index in [-0.39, 0.29) is 17.9 Å². The lowest BCUT2D eigenvalue weighted by Crippen LogP contribution is -2.44. The number of hydrogen-bond donors (Lipinski definition) is 3. The Kier molecular flexibility index (Phi) is 12.3. The van der Waals surface area contributed by atoms with Gasteiger partial charge >= 0.3 is 0 Å². The van der Waals surface area contributed by atoms with Crippen LogP contribution in [0.15, 0.2) is 60.0 Å². The Bertz CT molecular complexity index is 645. The third kappa shape index (κ3) is 11.6. The van der Waals surface area contributed by atoms with E-state index in [4.69, 9.17) is 0 Å². The summed E-state index contributed by atoms with van der Waals surface area (Å²) in [6, 6.07) is -0.0954. The molecule has 4 nitrogen and oxygen atoms in total. The van der Waals surface area contributed by atoms with Gasteiger partial charge in [0.25, 0.3) is 0 Å². The molecule has 0 spiro atoms. The molecule has 0 fully saturated rings. The van der Waals surface area contributed by atoms with Crippen LogP contribution in [0.1, 0.15) is 59.8 Å². The molecule has 1 heterocycles. The summed E-state index contributed by atoms with van der Waals surface area (Å²) in [7, 11) is 0. The van der Waals surface area contributed by atoms with Crippen molar-refractivity contribution in [2.45, 2.75) is 65.8 Å². The zero-order valence-corrected chi connectivity index (χ0v) is 19.5. The van der Waals surface area contributed by atoms with Gasteiger partial charge in [-0.2, -0.15) is 11.8 Å². The first kappa shape index (κ1) is 25.2.